The lowest BCUT2D eigenvalue weighted by Crippen LogP contribution is -2.12. The molecule has 1 aliphatic rings. The van der Waals surface area contributed by atoms with Crippen LogP contribution in [0.3, 0.4) is 0 Å². The van der Waals surface area contributed by atoms with Crippen LogP contribution in [-0.2, 0) is 0 Å². The van der Waals surface area contributed by atoms with Crippen LogP contribution >= 0.6 is 12.4 Å². The average Bonchev–Trinajstić information content (AvgIpc) is 2.87. The number of aromatic hydroxyl groups is 1. The Labute approximate surface area is 94.7 Å². The van der Waals surface area contributed by atoms with Crippen LogP contribution in [0.25, 0.3) is 0 Å². The van der Waals surface area contributed by atoms with Crippen molar-refractivity contribution in [2.75, 3.05) is 0 Å². The molecule has 1 aromatic carbocycles. The van der Waals surface area contributed by atoms with E-state index in [9.17, 15) is 4.39 Å². The molecule has 4 heteroatoms. The van der Waals surface area contributed by atoms with Crippen molar-refractivity contribution >= 4 is 12.4 Å². The first kappa shape index (κ1) is 12.3. The lowest BCUT2D eigenvalue weighted by molar-refractivity contribution is 0.464. The number of phenols is 1. The zero-order valence-electron chi connectivity index (χ0n) is 8.32. The fourth-order valence-electron chi connectivity index (χ4n) is 1.66. The summed E-state index contributed by atoms with van der Waals surface area (Å²) in [7, 11) is 0. The largest absolute Gasteiger partial charge is 0.508 e. The molecule has 1 fully saturated rings. The number of benzene rings is 1. The Morgan fingerprint density at radius 1 is 1.47 bits per heavy atom. The minimum Gasteiger partial charge on any atom is -0.508 e. The molecule has 0 amide bonds. The second kappa shape index (κ2) is 4.81. The van der Waals surface area contributed by atoms with E-state index in [1.54, 1.807) is 6.07 Å². The molecule has 0 spiro atoms. The molecule has 0 radical (unpaired) electrons. The van der Waals surface area contributed by atoms with E-state index in [2.05, 4.69) is 0 Å². The average molecular weight is 232 g/mol. The van der Waals surface area contributed by atoms with Gasteiger partial charge in [-0.2, -0.15) is 0 Å². The summed E-state index contributed by atoms with van der Waals surface area (Å²) in [5.74, 6) is 0.223. The summed E-state index contributed by atoms with van der Waals surface area (Å²) >= 11 is 0. The lowest BCUT2D eigenvalue weighted by Gasteiger charge is -2.12. The summed E-state index contributed by atoms with van der Waals surface area (Å²) in [5.41, 5.74) is 6.37. The maximum absolute atomic E-state index is 13.3. The van der Waals surface area contributed by atoms with Crippen LogP contribution in [-0.4, -0.2) is 5.11 Å². The van der Waals surface area contributed by atoms with Gasteiger partial charge < -0.3 is 10.8 Å². The summed E-state index contributed by atoms with van der Waals surface area (Å²) in [6, 6.07) is 3.92. The van der Waals surface area contributed by atoms with E-state index in [4.69, 9.17) is 10.8 Å². The molecular formula is C11H15ClFNO. The van der Waals surface area contributed by atoms with E-state index in [-0.39, 0.29) is 24.2 Å². The number of hydrogen-bond donors (Lipinski definition) is 2. The van der Waals surface area contributed by atoms with Crippen LogP contribution in [0.2, 0.25) is 0 Å². The molecule has 1 aliphatic carbocycles. The smallest absolute Gasteiger partial charge is 0.131 e. The molecule has 84 valence electrons. The van der Waals surface area contributed by atoms with Crippen molar-refractivity contribution in [3.63, 3.8) is 0 Å². The molecule has 2 rings (SSSR count). The first-order chi connectivity index (χ1) is 6.66. The number of nitrogens with two attached hydrogens (primary N) is 1. The van der Waals surface area contributed by atoms with Crippen molar-refractivity contribution in [2.45, 2.75) is 25.3 Å². The highest BCUT2D eigenvalue weighted by molar-refractivity contribution is 5.85. The van der Waals surface area contributed by atoms with Gasteiger partial charge in [0.1, 0.15) is 11.6 Å². The Morgan fingerprint density at radius 2 is 2.13 bits per heavy atom. The normalized spacial score (nSPS) is 16.9. The van der Waals surface area contributed by atoms with Crippen molar-refractivity contribution in [3.05, 3.63) is 29.6 Å². The Bertz CT molecular complexity index is 341. The third-order valence-corrected chi connectivity index (χ3v) is 2.67. The van der Waals surface area contributed by atoms with Crippen molar-refractivity contribution in [3.8, 4) is 5.75 Å². The van der Waals surface area contributed by atoms with E-state index in [1.807, 2.05) is 0 Å². The number of halogens is 2. The maximum atomic E-state index is 13.3. The van der Waals surface area contributed by atoms with E-state index >= 15 is 0 Å². The van der Waals surface area contributed by atoms with Gasteiger partial charge in [0, 0.05) is 17.7 Å². The highest BCUT2D eigenvalue weighted by Gasteiger charge is 2.25. The summed E-state index contributed by atoms with van der Waals surface area (Å²) in [5, 5.41) is 9.03. The highest BCUT2D eigenvalue weighted by atomic mass is 35.5. The third-order valence-electron chi connectivity index (χ3n) is 2.67. The first-order valence-corrected chi connectivity index (χ1v) is 4.91. The van der Waals surface area contributed by atoms with Gasteiger partial charge in [0.05, 0.1) is 0 Å². The van der Waals surface area contributed by atoms with Gasteiger partial charge in [-0.3, -0.25) is 0 Å². The molecule has 0 unspecified atom stereocenters. The first-order valence-electron chi connectivity index (χ1n) is 4.91. The fourth-order valence-corrected chi connectivity index (χ4v) is 1.66. The molecule has 1 atom stereocenters. The Kier molecular flexibility index (Phi) is 3.94. The van der Waals surface area contributed by atoms with Gasteiger partial charge in [0.15, 0.2) is 0 Å². The van der Waals surface area contributed by atoms with Crippen molar-refractivity contribution < 1.29 is 9.50 Å². The molecule has 1 saturated carbocycles. The van der Waals surface area contributed by atoms with Crippen LogP contribution in [0.1, 0.15) is 30.9 Å². The maximum Gasteiger partial charge on any atom is 0.131 e. The predicted octanol–water partition coefficient (Wildman–Crippen LogP) is 2.75. The van der Waals surface area contributed by atoms with Gasteiger partial charge >= 0.3 is 0 Å². The number of phenolic OH excluding ortho intramolecular Hbond substituents is 1. The van der Waals surface area contributed by atoms with Gasteiger partial charge in [-0.1, -0.05) is 18.9 Å². The second-order valence-corrected chi connectivity index (χ2v) is 3.99. The van der Waals surface area contributed by atoms with Crippen LogP contribution in [0.4, 0.5) is 4.39 Å². The predicted molar refractivity (Wildman–Crippen MR) is 59.6 cm³/mol. The zero-order chi connectivity index (χ0) is 10.1. The van der Waals surface area contributed by atoms with E-state index < -0.39 is 5.82 Å². The molecule has 0 aromatic heterocycles. The molecule has 0 saturated heterocycles. The minimum absolute atomic E-state index is 0. The lowest BCUT2D eigenvalue weighted by atomic mass is 10.0. The molecule has 2 nitrogen and oxygen atoms in total. The number of rotatable bonds is 3. The van der Waals surface area contributed by atoms with E-state index in [1.165, 1.54) is 18.9 Å². The Balaban J connectivity index is 0.00000112. The molecule has 0 heterocycles. The highest BCUT2D eigenvalue weighted by Crippen LogP contribution is 2.37. The fraction of sp³-hybridized carbons (Fsp3) is 0.455. The minimum atomic E-state index is -0.404. The Hall–Kier alpha value is -0.800. The van der Waals surface area contributed by atoms with Gasteiger partial charge in [-0.25, -0.2) is 4.39 Å². The van der Waals surface area contributed by atoms with Gasteiger partial charge in [-0.15, -0.1) is 12.4 Å². The van der Waals surface area contributed by atoms with Crippen molar-refractivity contribution in [2.24, 2.45) is 11.7 Å². The zero-order valence-corrected chi connectivity index (χ0v) is 9.14. The summed E-state index contributed by atoms with van der Waals surface area (Å²) in [6.45, 7) is 0. The van der Waals surface area contributed by atoms with Gasteiger partial charge in [0.25, 0.3) is 0 Å². The Morgan fingerprint density at radius 3 is 2.67 bits per heavy atom. The van der Waals surface area contributed by atoms with E-state index in [0.29, 0.717) is 11.5 Å². The molecular weight excluding hydrogens is 217 g/mol. The number of hydrogen-bond acceptors (Lipinski definition) is 2. The van der Waals surface area contributed by atoms with Crippen molar-refractivity contribution in [1.82, 2.24) is 0 Å². The van der Waals surface area contributed by atoms with Crippen LogP contribution in [0.15, 0.2) is 18.2 Å². The SMILES string of the molecule is Cl.N[C@H](CC1CC1)c1ccc(O)cc1F. The topological polar surface area (TPSA) is 46.2 Å². The quantitative estimate of drug-likeness (QED) is 0.840. The molecule has 0 bridgehead atoms. The second-order valence-electron chi connectivity index (χ2n) is 3.99. The van der Waals surface area contributed by atoms with Gasteiger partial charge in [0.2, 0.25) is 0 Å². The van der Waals surface area contributed by atoms with Crippen LogP contribution in [0.5, 0.6) is 5.75 Å². The van der Waals surface area contributed by atoms with Crippen LogP contribution in [0, 0.1) is 11.7 Å². The molecule has 15 heavy (non-hydrogen) atoms. The molecule has 3 N–H and O–H groups in total. The third kappa shape index (κ3) is 3.08. The summed E-state index contributed by atoms with van der Waals surface area (Å²) < 4.78 is 13.3. The molecule has 1 aromatic rings. The standard InChI is InChI=1S/C11H14FNO.ClH/c12-10-6-8(14)3-4-9(10)11(13)5-7-1-2-7;/h3-4,6-7,11,14H,1-2,5,13H2;1H/t11-;/m1./s1. The summed E-state index contributed by atoms with van der Waals surface area (Å²) in [6.07, 6.45) is 3.28. The van der Waals surface area contributed by atoms with Crippen molar-refractivity contribution in [1.29, 1.82) is 0 Å². The molecule has 0 aliphatic heterocycles. The monoisotopic (exact) mass is 231 g/mol. The van der Waals surface area contributed by atoms with Gasteiger partial charge in [-0.05, 0) is 18.4 Å². The van der Waals surface area contributed by atoms with E-state index in [0.717, 1.165) is 12.5 Å². The summed E-state index contributed by atoms with van der Waals surface area (Å²) in [4.78, 5) is 0. The van der Waals surface area contributed by atoms with Crippen LogP contribution < -0.4 is 5.73 Å².